The zero-order valence-corrected chi connectivity index (χ0v) is 13.1. The van der Waals surface area contributed by atoms with Crippen molar-refractivity contribution >= 4 is 11.8 Å². The van der Waals surface area contributed by atoms with Crippen molar-refractivity contribution in [2.45, 2.75) is 11.7 Å². The Morgan fingerprint density at radius 2 is 1.35 bits per heavy atom. The van der Waals surface area contributed by atoms with Crippen molar-refractivity contribution in [3.05, 3.63) is 71.8 Å². The number of benzene rings is 2. The topological polar surface area (TPSA) is 3.24 Å². The van der Waals surface area contributed by atoms with Crippen LogP contribution in [0.15, 0.2) is 60.7 Å². The van der Waals surface area contributed by atoms with Gasteiger partial charge in [0.1, 0.15) is 0 Å². The van der Waals surface area contributed by atoms with E-state index in [1.54, 1.807) is 0 Å². The van der Waals surface area contributed by atoms with Gasteiger partial charge in [0.2, 0.25) is 0 Å². The smallest absolute Gasteiger partial charge is 0.0546 e. The Kier molecular flexibility index (Phi) is 6.16. The lowest BCUT2D eigenvalue weighted by molar-refractivity contribution is 0.410. The molecule has 0 spiro atoms. The van der Waals surface area contributed by atoms with E-state index in [0.717, 1.165) is 6.54 Å². The van der Waals surface area contributed by atoms with Crippen molar-refractivity contribution < 1.29 is 0 Å². The van der Waals surface area contributed by atoms with Crippen LogP contribution >= 0.6 is 11.8 Å². The molecule has 0 bridgehead atoms. The van der Waals surface area contributed by atoms with Gasteiger partial charge in [-0.1, -0.05) is 60.7 Å². The first-order valence-corrected chi connectivity index (χ1v) is 8.18. The summed E-state index contributed by atoms with van der Waals surface area (Å²) in [5.41, 5.74) is 2.79. The summed E-state index contributed by atoms with van der Waals surface area (Å²) in [6.45, 7) is 1.16. The third-order valence-electron chi connectivity index (χ3n) is 3.24. The molecule has 0 saturated carbocycles. The van der Waals surface area contributed by atoms with Crippen LogP contribution in [0, 0.1) is 0 Å². The molecule has 0 radical (unpaired) electrons. The van der Waals surface area contributed by atoms with Crippen LogP contribution < -0.4 is 0 Å². The number of nitrogens with zero attached hydrogens (tertiary/aromatic N) is 1. The summed E-state index contributed by atoms with van der Waals surface area (Å²) in [5.74, 6) is 1.19. The monoisotopic (exact) mass is 285 g/mol. The van der Waals surface area contributed by atoms with E-state index in [0.29, 0.717) is 5.25 Å². The summed E-state index contributed by atoms with van der Waals surface area (Å²) in [6.07, 6.45) is 1.23. The lowest BCUT2D eigenvalue weighted by Crippen LogP contribution is -2.13. The first kappa shape index (κ1) is 15.1. The second kappa shape index (κ2) is 8.13. The molecular weight excluding hydrogens is 262 g/mol. The number of rotatable bonds is 7. The van der Waals surface area contributed by atoms with Crippen molar-refractivity contribution in [3.63, 3.8) is 0 Å². The zero-order valence-electron chi connectivity index (χ0n) is 12.3. The summed E-state index contributed by atoms with van der Waals surface area (Å²) in [5, 5.41) is 0.444. The fraction of sp³-hybridized carbons (Fsp3) is 0.333. The predicted molar refractivity (Wildman–Crippen MR) is 90.4 cm³/mol. The molecule has 0 amide bonds. The van der Waals surface area contributed by atoms with Gasteiger partial charge < -0.3 is 4.90 Å². The highest BCUT2D eigenvalue weighted by Gasteiger charge is 2.13. The maximum Gasteiger partial charge on any atom is 0.0546 e. The summed E-state index contributed by atoms with van der Waals surface area (Å²) < 4.78 is 0. The minimum Gasteiger partial charge on any atom is -0.309 e. The fourth-order valence-corrected chi connectivity index (χ4v) is 3.45. The van der Waals surface area contributed by atoms with Gasteiger partial charge in [-0.15, -0.1) is 11.8 Å². The standard InChI is InChI=1S/C18H23NS/c1-19(2)14-9-15-20-18(16-10-5-3-6-11-16)17-12-7-4-8-13-17/h3-8,10-13,18H,9,14-15H2,1-2H3. The summed E-state index contributed by atoms with van der Waals surface area (Å²) in [6, 6.07) is 21.6. The second-order valence-corrected chi connectivity index (χ2v) is 6.44. The molecule has 106 valence electrons. The number of hydrogen-bond acceptors (Lipinski definition) is 2. The minimum absolute atomic E-state index is 0.444. The lowest BCUT2D eigenvalue weighted by Gasteiger charge is -2.18. The molecule has 2 aromatic carbocycles. The van der Waals surface area contributed by atoms with Gasteiger partial charge in [-0.2, -0.15) is 0 Å². The van der Waals surface area contributed by atoms with Gasteiger partial charge in [0.15, 0.2) is 0 Å². The Balaban J connectivity index is 2.06. The van der Waals surface area contributed by atoms with Crippen LogP contribution in [0.3, 0.4) is 0 Å². The van der Waals surface area contributed by atoms with Gasteiger partial charge >= 0.3 is 0 Å². The second-order valence-electron chi connectivity index (χ2n) is 5.23. The molecule has 20 heavy (non-hydrogen) atoms. The maximum absolute atomic E-state index is 2.25. The molecule has 1 nitrogen and oxygen atoms in total. The lowest BCUT2D eigenvalue weighted by atomic mass is 10.0. The largest absolute Gasteiger partial charge is 0.309 e. The van der Waals surface area contributed by atoms with Gasteiger partial charge in [0, 0.05) is 0 Å². The Morgan fingerprint density at radius 1 is 0.850 bits per heavy atom. The molecule has 0 unspecified atom stereocenters. The Bertz CT molecular complexity index is 442. The molecule has 0 atom stereocenters. The molecule has 0 aromatic heterocycles. The van der Waals surface area contributed by atoms with E-state index in [9.17, 15) is 0 Å². The van der Waals surface area contributed by atoms with E-state index in [-0.39, 0.29) is 0 Å². The van der Waals surface area contributed by atoms with E-state index in [2.05, 4.69) is 79.7 Å². The fourth-order valence-electron chi connectivity index (χ4n) is 2.22. The maximum atomic E-state index is 2.25. The molecule has 0 fully saturated rings. The van der Waals surface area contributed by atoms with Crippen LogP contribution in [0.1, 0.15) is 22.8 Å². The van der Waals surface area contributed by atoms with Gasteiger partial charge in [-0.25, -0.2) is 0 Å². The van der Waals surface area contributed by atoms with Gasteiger partial charge in [-0.05, 0) is 43.9 Å². The van der Waals surface area contributed by atoms with Crippen molar-refractivity contribution in [1.29, 1.82) is 0 Å². The molecule has 2 aromatic rings. The van der Waals surface area contributed by atoms with Crippen LogP contribution in [0.2, 0.25) is 0 Å². The number of thioether (sulfide) groups is 1. The van der Waals surface area contributed by atoms with Crippen LogP contribution in [0.25, 0.3) is 0 Å². The molecule has 0 aliphatic rings. The van der Waals surface area contributed by atoms with E-state index in [1.807, 2.05) is 11.8 Å². The third kappa shape index (κ3) is 4.69. The van der Waals surface area contributed by atoms with Crippen molar-refractivity contribution in [1.82, 2.24) is 4.90 Å². The van der Waals surface area contributed by atoms with Crippen LogP contribution in [0.4, 0.5) is 0 Å². The predicted octanol–water partition coefficient (Wildman–Crippen LogP) is 4.46. The van der Waals surface area contributed by atoms with E-state index in [1.165, 1.54) is 23.3 Å². The van der Waals surface area contributed by atoms with E-state index >= 15 is 0 Å². The molecule has 0 aliphatic carbocycles. The molecule has 2 rings (SSSR count). The normalized spacial score (nSPS) is 11.2. The first-order valence-electron chi connectivity index (χ1n) is 7.13. The molecule has 0 heterocycles. The van der Waals surface area contributed by atoms with Crippen LogP contribution in [-0.2, 0) is 0 Å². The van der Waals surface area contributed by atoms with Crippen molar-refractivity contribution in [3.8, 4) is 0 Å². The Hall–Kier alpha value is -1.25. The zero-order chi connectivity index (χ0) is 14.2. The molecule has 0 N–H and O–H groups in total. The van der Waals surface area contributed by atoms with Crippen LogP contribution in [-0.4, -0.2) is 31.3 Å². The SMILES string of the molecule is CN(C)CCCSC(c1ccccc1)c1ccccc1. The summed E-state index contributed by atoms with van der Waals surface area (Å²) >= 11 is 2.04. The highest BCUT2D eigenvalue weighted by atomic mass is 32.2. The summed E-state index contributed by atoms with van der Waals surface area (Å²) in [4.78, 5) is 2.25. The van der Waals surface area contributed by atoms with Gasteiger partial charge in [0.25, 0.3) is 0 Å². The van der Waals surface area contributed by atoms with Crippen molar-refractivity contribution in [2.75, 3.05) is 26.4 Å². The van der Waals surface area contributed by atoms with Gasteiger partial charge in [-0.3, -0.25) is 0 Å². The molecule has 0 aliphatic heterocycles. The van der Waals surface area contributed by atoms with Crippen molar-refractivity contribution in [2.24, 2.45) is 0 Å². The number of hydrogen-bond donors (Lipinski definition) is 0. The molecular formula is C18H23NS. The quantitative estimate of drug-likeness (QED) is 0.691. The highest BCUT2D eigenvalue weighted by Crippen LogP contribution is 2.35. The average Bonchev–Trinajstić information content (AvgIpc) is 2.49. The minimum atomic E-state index is 0.444. The highest BCUT2D eigenvalue weighted by molar-refractivity contribution is 7.99. The Morgan fingerprint density at radius 3 is 1.80 bits per heavy atom. The molecule has 0 saturated heterocycles. The van der Waals surface area contributed by atoms with Gasteiger partial charge in [0.05, 0.1) is 5.25 Å². The molecule has 2 heteroatoms. The van der Waals surface area contributed by atoms with E-state index in [4.69, 9.17) is 0 Å². The first-order chi connectivity index (χ1) is 9.77. The average molecular weight is 285 g/mol. The third-order valence-corrected chi connectivity index (χ3v) is 4.64. The van der Waals surface area contributed by atoms with E-state index < -0.39 is 0 Å². The van der Waals surface area contributed by atoms with Crippen LogP contribution in [0.5, 0.6) is 0 Å². The Labute approximate surface area is 127 Å². The summed E-state index contributed by atoms with van der Waals surface area (Å²) in [7, 11) is 4.27.